The summed E-state index contributed by atoms with van der Waals surface area (Å²) >= 11 is 6.37. The number of hydrazine groups is 1. The van der Waals surface area contributed by atoms with Crippen molar-refractivity contribution in [2.45, 2.75) is 26.0 Å². The Morgan fingerprint density at radius 2 is 2.09 bits per heavy atom. The predicted octanol–water partition coefficient (Wildman–Crippen LogP) is 2.62. The summed E-state index contributed by atoms with van der Waals surface area (Å²) in [5, 5.41) is 4.43. The second kappa shape index (κ2) is 10.5. The maximum atomic E-state index is 14.8. The second-order valence-electron chi connectivity index (χ2n) is 8.38. The smallest absolute Gasteiger partial charge is 0.288 e. The first-order chi connectivity index (χ1) is 16.3. The molecule has 4 rings (SSSR count). The van der Waals surface area contributed by atoms with Gasteiger partial charge in [-0.3, -0.25) is 24.9 Å². The standard InChI is InChI=1S/C24H27ClFN5O3/c1-15-6-8-17(9-7-15)31-21(32)13-27-23(29-31)24(33)28-12-20(30-10-11-34-16(2)14-30)22-18(25)4-3-5-19(22)26/h3-9,16,20H,10-14H2,1-2H3,(H,27,29)(H,28,33). The van der Waals surface area contributed by atoms with E-state index >= 15 is 0 Å². The molecule has 0 aliphatic carbocycles. The summed E-state index contributed by atoms with van der Waals surface area (Å²) in [5.41, 5.74) is 4.78. The molecule has 1 saturated heterocycles. The van der Waals surface area contributed by atoms with Crippen molar-refractivity contribution in [2.75, 3.05) is 37.8 Å². The van der Waals surface area contributed by atoms with Crippen LogP contribution < -0.4 is 15.8 Å². The van der Waals surface area contributed by atoms with Crippen LogP contribution in [0.25, 0.3) is 0 Å². The van der Waals surface area contributed by atoms with Crippen LogP contribution in [0.15, 0.2) is 47.5 Å². The van der Waals surface area contributed by atoms with E-state index in [1.165, 1.54) is 11.1 Å². The fraction of sp³-hybridized carbons (Fsp3) is 0.375. The molecule has 2 aliphatic rings. The van der Waals surface area contributed by atoms with Crippen molar-refractivity contribution in [2.24, 2.45) is 4.99 Å². The molecule has 2 aromatic carbocycles. The molecule has 180 valence electrons. The Bertz CT molecular complexity index is 1070. The van der Waals surface area contributed by atoms with E-state index in [4.69, 9.17) is 16.3 Å². The maximum Gasteiger partial charge on any atom is 0.288 e. The van der Waals surface area contributed by atoms with Gasteiger partial charge in [-0.15, -0.1) is 0 Å². The van der Waals surface area contributed by atoms with Crippen LogP contribution in [-0.2, 0) is 14.3 Å². The highest BCUT2D eigenvalue weighted by Gasteiger charge is 2.31. The monoisotopic (exact) mass is 487 g/mol. The van der Waals surface area contributed by atoms with Crippen molar-refractivity contribution in [1.82, 2.24) is 15.6 Å². The van der Waals surface area contributed by atoms with Crippen LogP contribution >= 0.6 is 11.6 Å². The number of anilines is 1. The molecule has 8 nitrogen and oxygen atoms in total. The number of morpholine rings is 1. The Kier molecular flexibility index (Phi) is 7.45. The van der Waals surface area contributed by atoms with E-state index in [1.54, 1.807) is 24.3 Å². The molecule has 2 amide bonds. The van der Waals surface area contributed by atoms with Crippen molar-refractivity contribution in [3.63, 3.8) is 0 Å². The number of amides is 2. The number of halogens is 2. The lowest BCUT2D eigenvalue weighted by molar-refractivity contribution is -0.118. The van der Waals surface area contributed by atoms with Crippen molar-refractivity contribution < 1.29 is 18.7 Å². The molecule has 2 unspecified atom stereocenters. The number of hydrogen-bond donors (Lipinski definition) is 2. The summed E-state index contributed by atoms with van der Waals surface area (Å²) in [5.74, 6) is -1.20. The number of rotatable bonds is 6. The van der Waals surface area contributed by atoms with Crippen LogP contribution in [0, 0.1) is 12.7 Å². The van der Waals surface area contributed by atoms with Gasteiger partial charge in [0.25, 0.3) is 11.8 Å². The zero-order chi connectivity index (χ0) is 24.2. The van der Waals surface area contributed by atoms with Crippen LogP contribution in [0.3, 0.4) is 0 Å². The molecule has 0 aromatic heterocycles. The number of nitrogens with zero attached hydrogens (tertiary/aromatic N) is 3. The fourth-order valence-electron chi connectivity index (χ4n) is 4.09. The minimum absolute atomic E-state index is 0.00824. The zero-order valence-corrected chi connectivity index (χ0v) is 19.8. The Labute approximate surface area is 202 Å². The minimum Gasteiger partial charge on any atom is -0.376 e. The Balaban J connectivity index is 1.50. The van der Waals surface area contributed by atoms with Gasteiger partial charge in [-0.1, -0.05) is 35.4 Å². The van der Waals surface area contributed by atoms with Crippen LogP contribution in [0.1, 0.15) is 24.1 Å². The number of benzene rings is 2. The summed E-state index contributed by atoms with van der Waals surface area (Å²) in [6.07, 6.45) is -0.0315. The summed E-state index contributed by atoms with van der Waals surface area (Å²) in [4.78, 5) is 31.5. The highest BCUT2D eigenvalue weighted by atomic mass is 35.5. The fourth-order valence-corrected chi connectivity index (χ4v) is 4.38. The number of aliphatic imine (C=N–C) groups is 1. The van der Waals surface area contributed by atoms with Gasteiger partial charge in [0.05, 0.1) is 24.4 Å². The van der Waals surface area contributed by atoms with E-state index < -0.39 is 17.8 Å². The number of ether oxygens (including phenoxy) is 1. The van der Waals surface area contributed by atoms with Gasteiger partial charge in [0.1, 0.15) is 12.4 Å². The third-order valence-corrected chi connectivity index (χ3v) is 6.18. The molecular weight excluding hydrogens is 461 g/mol. The zero-order valence-electron chi connectivity index (χ0n) is 19.1. The largest absolute Gasteiger partial charge is 0.376 e. The Morgan fingerprint density at radius 3 is 2.79 bits per heavy atom. The molecule has 2 atom stereocenters. The molecule has 0 radical (unpaired) electrons. The van der Waals surface area contributed by atoms with Gasteiger partial charge in [-0.05, 0) is 38.1 Å². The second-order valence-corrected chi connectivity index (χ2v) is 8.79. The number of amidine groups is 1. The molecule has 2 heterocycles. The topological polar surface area (TPSA) is 86.3 Å². The summed E-state index contributed by atoms with van der Waals surface area (Å²) < 4.78 is 20.4. The van der Waals surface area contributed by atoms with Gasteiger partial charge in [-0.25, -0.2) is 9.40 Å². The molecule has 0 saturated carbocycles. The number of aryl methyl sites for hydroxylation is 1. The molecular formula is C24H27ClFN5O3. The van der Waals surface area contributed by atoms with E-state index in [2.05, 4.69) is 20.6 Å². The van der Waals surface area contributed by atoms with E-state index in [0.717, 1.165) is 5.56 Å². The molecule has 34 heavy (non-hydrogen) atoms. The first-order valence-corrected chi connectivity index (χ1v) is 11.5. The molecule has 0 spiro atoms. The number of hydrogen-bond acceptors (Lipinski definition) is 6. The van der Waals surface area contributed by atoms with Crippen molar-refractivity contribution >= 4 is 34.9 Å². The first kappa shape index (κ1) is 24.1. The van der Waals surface area contributed by atoms with Gasteiger partial charge in [0.2, 0.25) is 5.84 Å². The molecule has 2 N–H and O–H groups in total. The average Bonchev–Trinajstić information content (AvgIpc) is 2.81. The van der Waals surface area contributed by atoms with Crippen molar-refractivity contribution in [1.29, 1.82) is 0 Å². The van der Waals surface area contributed by atoms with Crippen molar-refractivity contribution in [3.8, 4) is 0 Å². The lowest BCUT2D eigenvalue weighted by Gasteiger charge is -2.38. The van der Waals surface area contributed by atoms with Crippen LogP contribution in [0.5, 0.6) is 0 Å². The Morgan fingerprint density at radius 1 is 1.32 bits per heavy atom. The summed E-state index contributed by atoms with van der Waals surface area (Å²) in [6, 6.07) is 11.4. The van der Waals surface area contributed by atoms with E-state index in [-0.39, 0.29) is 30.9 Å². The van der Waals surface area contributed by atoms with Gasteiger partial charge >= 0.3 is 0 Å². The van der Waals surface area contributed by atoms with E-state index in [9.17, 15) is 14.0 Å². The number of carbonyl (C=O) groups is 2. The van der Waals surface area contributed by atoms with Gasteiger partial charge in [-0.2, -0.15) is 0 Å². The highest BCUT2D eigenvalue weighted by molar-refractivity contribution is 6.39. The summed E-state index contributed by atoms with van der Waals surface area (Å²) in [7, 11) is 0. The third-order valence-electron chi connectivity index (χ3n) is 5.85. The summed E-state index contributed by atoms with van der Waals surface area (Å²) in [6.45, 7) is 5.48. The molecule has 10 heteroatoms. The van der Waals surface area contributed by atoms with E-state index in [0.29, 0.717) is 36.0 Å². The van der Waals surface area contributed by atoms with Crippen LogP contribution in [0.4, 0.5) is 10.1 Å². The highest BCUT2D eigenvalue weighted by Crippen LogP contribution is 2.31. The van der Waals surface area contributed by atoms with Gasteiger partial charge < -0.3 is 10.1 Å². The lowest BCUT2D eigenvalue weighted by atomic mass is 10.0. The number of carbonyl (C=O) groups excluding carboxylic acids is 2. The molecule has 2 aliphatic heterocycles. The van der Waals surface area contributed by atoms with Crippen molar-refractivity contribution in [3.05, 3.63) is 64.4 Å². The lowest BCUT2D eigenvalue weighted by Crippen LogP contribution is -2.56. The van der Waals surface area contributed by atoms with Gasteiger partial charge in [0, 0.05) is 30.2 Å². The predicted molar refractivity (Wildman–Crippen MR) is 128 cm³/mol. The SMILES string of the molecule is Cc1ccc(N2NC(C(=O)NCC(c3c(F)cccc3Cl)N3CCOC(C)C3)=NCC2=O)cc1. The quantitative estimate of drug-likeness (QED) is 0.654. The molecule has 0 bridgehead atoms. The van der Waals surface area contributed by atoms with Crippen LogP contribution in [-0.4, -0.2) is 61.4 Å². The molecule has 2 aromatic rings. The average molecular weight is 488 g/mol. The van der Waals surface area contributed by atoms with E-state index in [1.807, 2.05) is 26.0 Å². The normalized spacial score (nSPS) is 19.9. The molecule has 1 fully saturated rings. The Hall–Kier alpha value is -3.01. The minimum atomic E-state index is -0.497. The number of nitrogens with one attached hydrogen (secondary N) is 2. The van der Waals surface area contributed by atoms with Crippen LogP contribution in [0.2, 0.25) is 5.02 Å². The third kappa shape index (κ3) is 5.38. The van der Waals surface area contributed by atoms with Gasteiger partial charge in [0.15, 0.2) is 0 Å². The maximum absolute atomic E-state index is 14.8. The first-order valence-electron chi connectivity index (χ1n) is 11.1.